The van der Waals surface area contributed by atoms with Crippen molar-refractivity contribution in [2.24, 2.45) is 7.05 Å². The molecule has 1 amide bonds. The molecular formula is C24H26ClN3O2. The van der Waals surface area contributed by atoms with Gasteiger partial charge in [-0.05, 0) is 49.6 Å². The van der Waals surface area contributed by atoms with Crippen LogP contribution in [0, 0.1) is 6.92 Å². The van der Waals surface area contributed by atoms with Crippen LogP contribution in [0.4, 0.5) is 5.69 Å². The fraction of sp³-hybridized carbons (Fsp3) is 0.333. The molecule has 0 radical (unpaired) electrons. The molecule has 1 heterocycles. The number of nitrogens with zero attached hydrogens (tertiary/aromatic N) is 2. The van der Waals surface area contributed by atoms with Crippen LogP contribution in [0.3, 0.4) is 0 Å². The van der Waals surface area contributed by atoms with Gasteiger partial charge in [-0.1, -0.05) is 61.2 Å². The quantitative estimate of drug-likeness (QED) is 0.643. The summed E-state index contributed by atoms with van der Waals surface area (Å²) in [5.41, 5.74) is 1.83. The van der Waals surface area contributed by atoms with Gasteiger partial charge < -0.3 is 5.32 Å². The van der Waals surface area contributed by atoms with E-state index >= 15 is 0 Å². The number of benzene rings is 2. The summed E-state index contributed by atoms with van der Waals surface area (Å²) in [5.74, 6) is -0.129. The van der Waals surface area contributed by atoms with E-state index in [4.69, 9.17) is 11.6 Å². The van der Waals surface area contributed by atoms with Gasteiger partial charge in [0.25, 0.3) is 5.56 Å². The van der Waals surface area contributed by atoms with Crippen molar-refractivity contribution in [3.8, 4) is 5.69 Å². The highest BCUT2D eigenvalue weighted by molar-refractivity contribution is 6.30. The Morgan fingerprint density at radius 1 is 1.03 bits per heavy atom. The Morgan fingerprint density at radius 2 is 1.73 bits per heavy atom. The zero-order valence-electron chi connectivity index (χ0n) is 17.3. The summed E-state index contributed by atoms with van der Waals surface area (Å²) in [7, 11) is 1.83. The van der Waals surface area contributed by atoms with Crippen molar-refractivity contribution in [2.75, 3.05) is 5.32 Å². The van der Waals surface area contributed by atoms with E-state index in [1.807, 2.05) is 68.6 Å². The number of anilines is 1. The Kier molecular flexibility index (Phi) is 5.56. The topological polar surface area (TPSA) is 56.0 Å². The Bertz CT molecular complexity index is 1130. The second kappa shape index (κ2) is 8.15. The average molecular weight is 424 g/mol. The van der Waals surface area contributed by atoms with Crippen LogP contribution in [0.25, 0.3) is 5.69 Å². The first-order valence-corrected chi connectivity index (χ1v) is 10.7. The van der Waals surface area contributed by atoms with Crippen molar-refractivity contribution in [3.63, 3.8) is 0 Å². The van der Waals surface area contributed by atoms with E-state index in [2.05, 4.69) is 5.32 Å². The summed E-state index contributed by atoms with van der Waals surface area (Å²) >= 11 is 6.24. The first-order chi connectivity index (χ1) is 14.4. The molecule has 0 atom stereocenters. The molecule has 0 saturated heterocycles. The molecular weight excluding hydrogens is 398 g/mol. The predicted molar refractivity (Wildman–Crippen MR) is 121 cm³/mol. The zero-order chi connectivity index (χ0) is 21.3. The lowest BCUT2D eigenvalue weighted by Crippen LogP contribution is -2.43. The fourth-order valence-electron chi connectivity index (χ4n) is 4.53. The lowest BCUT2D eigenvalue weighted by molar-refractivity contribution is -0.122. The van der Waals surface area contributed by atoms with Crippen LogP contribution in [0.15, 0.2) is 59.4 Å². The number of amides is 1. The van der Waals surface area contributed by atoms with Crippen molar-refractivity contribution in [1.29, 1.82) is 0 Å². The van der Waals surface area contributed by atoms with Crippen molar-refractivity contribution in [1.82, 2.24) is 9.36 Å². The molecule has 0 aliphatic heterocycles. The van der Waals surface area contributed by atoms with E-state index < -0.39 is 5.41 Å². The first kappa shape index (κ1) is 20.5. The summed E-state index contributed by atoms with van der Waals surface area (Å²) < 4.78 is 3.36. The van der Waals surface area contributed by atoms with Crippen LogP contribution in [-0.4, -0.2) is 15.3 Å². The lowest BCUT2D eigenvalue weighted by atomic mass is 9.68. The summed E-state index contributed by atoms with van der Waals surface area (Å²) in [6.07, 6.45) is 4.56. The Hall–Kier alpha value is -2.79. The minimum Gasteiger partial charge on any atom is -0.319 e. The summed E-state index contributed by atoms with van der Waals surface area (Å²) in [6.45, 7) is 1.85. The Balaban J connectivity index is 1.75. The number of aromatic nitrogens is 2. The van der Waals surface area contributed by atoms with E-state index in [1.165, 1.54) is 0 Å². The van der Waals surface area contributed by atoms with E-state index in [0.717, 1.165) is 43.4 Å². The van der Waals surface area contributed by atoms with Gasteiger partial charge in [0.1, 0.15) is 5.69 Å². The lowest BCUT2D eigenvalue weighted by Gasteiger charge is -2.36. The molecule has 1 aliphatic carbocycles. The highest BCUT2D eigenvalue weighted by Gasteiger charge is 2.42. The predicted octanol–water partition coefficient (Wildman–Crippen LogP) is 4.98. The van der Waals surface area contributed by atoms with Gasteiger partial charge in [-0.3, -0.25) is 14.3 Å². The molecule has 0 unspecified atom stereocenters. The fourth-order valence-corrected chi connectivity index (χ4v) is 4.72. The standard InChI is InChI=1S/C24H26ClN3O2/c1-17-21(22(29)28(27(17)2)20-12-5-3-6-13-20)26-23(30)24(14-7-4-8-15-24)18-10-9-11-19(25)16-18/h3,5-6,9-13,16H,4,7-8,14-15H2,1-2H3,(H,26,30). The van der Waals surface area contributed by atoms with Crippen LogP contribution in [-0.2, 0) is 17.3 Å². The molecule has 5 nitrogen and oxygen atoms in total. The molecule has 6 heteroatoms. The second-order valence-corrected chi connectivity index (χ2v) is 8.48. The van der Waals surface area contributed by atoms with Gasteiger partial charge in [-0.25, -0.2) is 4.68 Å². The third kappa shape index (κ3) is 3.47. The molecule has 1 aromatic heterocycles. The Labute approximate surface area is 181 Å². The minimum atomic E-state index is -0.671. The van der Waals surface area contributed by atoms with Gasteiger partial charge in [0.05, 0.1) is 16.8 Å². The number of para-hydroxylation sites is 1. The highest BCUT2D eigenvalue weighted by atomic mass is 35.5. The zero-order valence-corrected chi connectivity index (χ0v) is 18.1. The summed E-state index contributed by atoms with van der Waals surface area (Å²) in [5, 5.41) is 3.62. The molecule has 0 bridgehead atoms. The van der Waals surface area contributed by atoms with Crippen molar-refractivity contribution in [3.05, 3.63) is 81.2 Å². The number of hydrogen-bond acceptors (Lipinski definition) is 2. The van der Waals surface area contributed by atoms with E-state index in [1.54, 1.807) is 9.36 Å². The summed E-state index contributed by atoms with van der Waals surface area (Å²) in [4.78, 5) is 26.9. The van der Waals surface area contributed by atoms with E-state index in [-0.39, 0.29) is 11.5 Å². The first-order valence-electron chi connectivity index (χ1n) is 10.4. The Morgan fingerprint density at radius 3 is 2.40 bits per heavy atom. The minimum absolute atomic E-state index is 0.129. The molecule has 1 saturated carbocycles. The summed E-state index contributed by atoms with van der Waals surface area (Å²) in [6, 6.07) is 17.0. The van der Waals surface area contributed by atoms with Gasteiger partial charge in [0.2, 0.25) is 5.91 Å². The van der Waals surface area contributed by atoms with Crippen molar-refractivity contribution < 1.29 is 4.79 Å². The van der Waals surface area contributed by atoms with Crippen molar-refractivity contribution >= 4 is 23.2 Å². The third-order valence-electron chi connectivity index (χ3n) is 6.31. The third-order valence-corrected chi connectivity index (χ3v) is 6.55. The molecule has 1 fully saturated rings. The van der Waals surface area contributed by atoms with Gasteiger partial charge in [-0.2, -0.15) is 0 Å². The van der Waals surface area contributed by atoms with Gasteiger partial charge in [0, 0.05) is 12.1 Å². The molecule has 3 aromatic rings. The number of carbonyl (C=O) groups is 1. The number of rotatable bonds is 4. The number of carbonyl (C=O) groups excluding carboxylic acids is 1. The number of nitrogens with one attached hydrogen (secondary N) is 1. The number of hydrogen-bond donors (Lipinski definition) is 1. The van der Waals surface area contributed by atoms with Crippen LogP contribution >= 0.6 is 11.6 Å². The maximum absolute atomic E-state index is 13.7. The molecule has 156 valence electrons. The molecule has 30 heavy (non-hydrogen) atoms. The average Bonchev–Trinajstić information content (AvgIpc) is 2.98. The number of halogens is 1. The molecule has 1 N–H and O–H groups in total. The maximum Gasteiger partial charge on any atom is 0.295 e. The largest absolute Gasteiger partial charge is 0.319 e. The van der Waals surface area contributed by atoms with E-state index in [0.29, 0.717) is 16.4 Å². The van der Waals surface area contributed by atoms with Crippen LogP contribution in [0.5, 0.6) is 0 Å². The van der Waals surface area contributed by atoms with Gasteiger partial charge >= 0.3 is 0 Å². The monoisotopic (exact) mass is 423 g/mol. The van der Waals surface area contributed by atoms with Crippen LogP contribution in [0.2, 0.25) is 5.02 Å². The maximum atomic E-state index is 13.7. The van der Waals surface area contributed by atoms with E-state index in [9.17, 15) is 9.59 Å². The van der Waals surface area contributed by atoms with Gasteiger partial charge in [0.15, 0.2) is 0 Å². The van der Waals surface area contributed by atoms with Crippen LogP contribution in [0.1, 0.15) is 43.4 Å². The SMILES string of the molecule is Cc1c(NC(=O)C2(c3cccc(Cl)c3)CCCCC2)c(=O)n(-c2ccccc2)n1C. The van der Waals surface area contributed by atoms with Crippen molar-refractivity contribution in [2.45, 2.75) is 44.4 Å². The molecule has 4 rings (SSSR count). The van der Waals surface area contributed by atoms with Gasteiger partial charge in [-0.15, -0.1) is 0 Å². The molecule has 0 spiro atoms. The smallest absolute Gasteiger partial charge is 0.295 e. The molecule has 2 aromatic carbocycles. The highest BCUT2D eigenvalue weighted by Crippen LogP contribution is 2.41. The normalized spacial score (nSPS) is 15.7. The van der Waals surface area contributed by atoms with Crippen LogP contribution < -0.4 is 10.9 Å². The molecule has 1 aliphatic rings. The second-order valence-electron chi connectivity index (χ2n) is 8.04.